The Hall–Kier alpha value is -1.14. The van der Waals surface area contributed by atoms with Crippen molar-refractivity contribution in [1.82, 2.24) is 0 Å². The van der Waals surface area contributed by atoms with Crippen LogP contribution in [0.3, 0.4) is 0 Å². The Morgan fingerprint density at radius 2 is 2.08 bits per heavy atom. The van der Waals surface area contributed by atoms with Crippen LogP contribution in [0.25, 0.3) is 0 Å². The number of hydrogen-bond donors (Lipinski definition) is 1. The monoisotopic (exact) mass is 192 g/mol. The van der Waals surface area contributed by atoms with Gasteiger partial charge >= 0.3 is 0 Å². The van der Waals surface area contributed by atoms with E-state index < -0.39 is 0 Å². The van der Waals surface area contributed by atoms with Crippen molar-refractivity contribution in [2.75, 3.05) is 10.5 Å². The fraction of sp³-hybridized carbons (Fsp3) is 0.300. The lowest BCUT2D eigenvalue weighted by molar-refractivity contribution is 1.11. The van der Waals surface area contributed by atoms with E-state index in [0.29, 0.717) is 5.56 Å². The fourth-order valence-corrected chi connectivity index (χ4v) is 1.46. The number of nitriles is 1. The molecule has 13 heavy (non-hydrogen) atoms. The van der Waals surface area contributed by atoms with E-state index in [1.807, 2.05) is 24.3 Å². The van der Waals surface area contributed by atoms with Gasteiger partial charge in [0.25, 0.3) is 0 Å². The fourth-order valence-electron chi connectivity index (χ4n) is 0.849. The van der Waals surface area contributed by atoms with Gasteiger partial charge in [-0.05, 0) is 30.7 Å². The third-order valence-electron chi connectivity index (χ3n) is 1.51. The maximum atomic E-state index is 8.57. The van der Waals surface area contributed by atoms with Crippen molar-refractivity contribution in [3.63, 3.8) is 0 Å². The van der Waals surface area contributed by atoms with E-state index in [0.717, 1.165) is 17.9 Å². The summed E-state index contributed by atoms with van der Waals surface area (Å²) in [4.78, 5) is 0. The average Bonchev–Trinajstić information content (AvgIpc) is 2.19. The number of rotatable bonds is 4. The molecule has 0 saturated carbocycles. The van der Waals surface area contributed by atoms with Crippen LogP contribution >= 0.6 is 11.9 Å². The summed E-state index contributed by atoms with van der Waals surface area (Å²) in [6.07, 6.45) is 1.16. The van der Waals surface area contributed by atoms with E-state index in [2.05, 4.69) is 17.7 Å². The molecule has 3 heteroatoms. The standard InChI is InChI=1S/C10H12N2S/c1-2-7-13-12-10-5-3-9(8-11)4-6-10/h3-6,12H,2,7H2,1H3. The summed E-state index contributed by atoms with van der Waals surface area (Å²) in [5, 5.41) is 8.57. The molecule has 0 spiro atoms. The van der Waals surface area contributed by atoms with E-state index >= 15 is 0 Å². The molecule has 0 radical (unpaired) electrons. The molecule has 0 bridgehead atoms. The summed E-state index contributed by atoms with van der Waals surface area (Å²) in [6, 6.07) is 9.55. The minimum Gasteiger partial charge on any atom is -0.330 e. The summed E-state index contributed by atoms with van der Waals surface area (Å²) in [5.74, 6) is 1.10. The van der Waals surface area contributed by atoms with Gasteiger partial charge in [0.2, 0.25) is 0 Å². The number of anilines is 1. The highest BCUT2D eigenvalue weighted by molar-refractivity contribution is 8.00. The van der Waals surface area contributed by atoms with Gasteiger partial charge < -0.3 is 4.72 Å². The van der Waals surface area contributed by atoms with Gasteiger partial charge in [-0.25, -0.2) is 0 Å². The number of nitrogens with zero attached hydrogens (tertiary/aromatic N) is 1. The maximum absolute atomic E-state index is 8.57. The third-order valence-corrected chi connectivity index (χ3v) is 2.50. The number of hydrogen-bond acceptors (Lipinski definition) is 3. The molecule has 0 aliphatic carbocycles. The zero-order chi connectivity index (χ0) is 9.52. The van der Waals surface area contributed by atoms with Gasteiger partial charge in [-0.1, -0.05) is 18.9 Å². The maximum Gasteiger partial charge on any atom is 0.0991 e. The van der Waals surface area contributed by atoms with E-state index in [9.17, 15) is 0 Å². The predicted molar refractivity (Wildman–Crippen MR) is 57.5 cm³/mol. The summed E-state index contributed by atoms with van der Waals surface area (Å²) < 4.78 is 3.20. The minimum atomic E-state index is 0.700. The molecule has 0 heterocycles. The van der Waals surface area contributed by atoms with Gasteiger partial charge in [0, 0.05) is 11.4 Å². The van der Waals surface area contributed by atoms with Crippen LogP contribution in [0.15, 0.2) is 24.3 Å². The van der Waals surface area contributed by atoms with Crippen molar-refractivity contribution in [3.8, 4) is 6.07 Å². The molecule has 2 nitrogen and oxygen atoms in total. The van der Waals surface area contributed by atoms with Crippen molar-refractivity contribution in [1.29, 1.82) is 5.26 Å². The largest absolute Gasteiger partial charge is 0.330 e. The van der Waals surface area contributed by atoms with Gasteiger partial charge in [0.1, 0.15) is 0 Å². The number of benzene rings is 1. The highest BCUT2D eigenvalue weighted by Crippen LogP contribution is 2.13. The van der Waals surface area contributed by atoms with E-state index in [1.54, 1.807) is 11.9 Å². The highest BCUT2D eigenvalue weighted by Gasteiger charge is 1.92. The third kappa shape index (κ3) is 3.39. The summed E-state index contributed by atoms with van der Waals surface area (Å²) in [7, 11) is 0. The summed E-state index contributed by atoms with van der Waals surface area (Å²) in [5.41, 5.74) is 1.75. The van der Waals surface area contributed by atoms with Crippen LogP contribution in [0, 0.1) is 11.3 Å². The molecule has 0 aromatic heterocycles. The average molecular weight is 192 g/mol. The van der Waals surface area contributed by atoms with Crippen LogP contribution < -0.4 is 4.72 Å². The molecular weight excluding hydrogens is 180 g/mol. The summed E-state index contributed by atoms with van der Waals surface area (Å²) >= 11 is 1.69. The van der Waals surface area contributed by atoms with Crippen LogP contribution in [0.4, 0.5) is 5.69 Å². The Kier molecular flexibility index (Phi) is 4.20. The summed E-state index contributed by atoms with van der Waals surface area (Å²) in [6.45, 7) is 2.15. The Balaban J connectivity index is 2.46. The molecule has 1 rings (SSSR count). The lowest BCUT2D eigenvalue weighted by Crippen LogP contribution is -1.88. The zero-order valence-corrected chi connectivity index (χ0v) is 8.40. The molecule has 1 N–H and O–H groups in total. The molecule has 0 aliphatic heterocycles. The second-order valence-electron chi connectivity index (χ2n) is 2.64. The SMILES string of the molecule is CCCSNc1ccc(C#N)cc1. The van der Waals surface area contributed by atoms with Crippen LogP contribution in [0.1, 0.15) is 18.9 Å². The Morgan fingerprint density at radius 1 is 1.38 bits per heavy atom. The first kappa shape index (κ1) is 9.94. The van der Waals surface area contributed by atoms with Gasteiger partial charge in [-0.3, -0.25) is 0 Å². The Labute approximate surface area is 83.1 Å². The van der Waals surface area contributed by atoms with Gasteiger partial charge in [0.05, 0.1) is 11.6 Å². The van der Waals surface area contributed by atoms with Crippen LogP contribution in [0.5, 0.6) is 0 Å². The molecule has 0 amide bonds. The first-order valence-electron chi connectivity index (χ1n) is 4.24. The van der Waals surface area contributed by atoms with Crippen molar-refractivity contribution in [2.24, 2.45) is 0 Å². The van der Waals surface area contributed by atoms with Crippen molar-refractivity contribution in [3.05, 3.63) is 29.8 Å². The molecule has 0 aliphatic rings. The topological polar surface area (TPSA) is 35.8 Å². The quantitative estimate of drug-likeness (QED) is 0.588. The minimum absolute atomic E-state index is 0.700. The van der Waals surface area contributed by atoms with Crippen LogP contribution in [-0.4, -0.2) is 5.75 Å². The molecule has 68 valence electrons. The lowest BCUT2D eigenvalue weighted by Gasteiger charge is -2.03. The first-order valence-corrected chi connectivity index (χ1v) is 5.23. The normalized spacial score (nSPS) is 9.23. The number of nitrogens with one attached hydrogen (secondary N) is 1. The molecular formula is C10H12N2S. The van der Waals surface area contributed by atoms with Crippen molar-refractivity contribution in [2.45, 2.75) is 13.3 Å². The van der Waals surface area contributed by atoms with E-state index in [-0.39, 0.29) is 0 Å². The second-order valence-corrected chi connectivity index (χ2v) is 3.54. The van der Waals surface area contributed by atoms with Crippen LogP contribution in [0.2, 0.25) is 0 Å². The molecule has 1 aromatic rings. The molecule has 0 fully saturated rings. The molecule has 0 unspecified atom stereocenters. The van der Waals surface area contributed by atoms with Crippen molar-refractivity contribution < 1.29 is 0 Å². The predicted octanol–water partition coefficient (Wildman–Crippen LogP) is 3.03. The Bertz CT molecular complexity index is 287. The molecule has 0 atom stereocenters. The van der Waals surface area contributed by atoms with Gasteiger partial charge in [0.15, 0.2) is 0 Å². The lowest BCUT2D eigenvalue weighted by atomic mass is 10.2. The van der Waals surface area contributed by atoms with Gasteiger partial charge in [-0.2, -0.15) is 5.26 Å². The first-order chi connectivity index (χ1) is 6.36. The zero-order valence-electron chi connectivity index (χ0n) is 7.58. The van der Waals surface area contributed by atoms with E-state index in [4.69, 9.17) is 5.26 Å². The van der Waals surface area contributed by atoms with Gasteiger partial charge in [-0.15, -0.1) is 0 Å². The van der Waals surface area contributed by atoms with Crippen LogP contribution in [-0.2, 0) is 0 Å². The smallest absolute Gasteiger partial charge is 0.0991 e. The van der Waals surface area contributed by atoms with E-state index in [1.165, 1.54) is 0 Å². The molecule has 1 aromatic carbocycles. The van der Waals surface area contributed by atoms with Crippen molar-refractivity contribution >= 4 is 17.6 Å². The molecule has 0 saturated heterocycles. The second kappa shape index (κ2) is 5.50. The highest BCUT2D eigenvalue weighted by atomic mass is 32.2. The Morgan fingerprint density at radius 3 is 2.62 bits per heavy atom.